The van der Waals surface area contributed by atoms with Crippen molar-refractivity contribution < 1.29 is 4.79 Å². The maximum atomic E-state index is 12.6. The van der Waals surface area contributed by atoms with Crippen LogP contribution in [0.15, 0.2) is 90.1 Å². The molecule has 0 saturated carbocycles. The van der Waals surface area contributed by atoms with Crippen LogP contribution in [0.3, 0.4) is 0 Å². The molecule has 0 aliphatic heterocycles. The Morgan fingerprint density at radius 1 is 0.939 bits per heavy atom. The first-order valence-corrected chi connectivity index (χ1v) is 11.5. The lowest BCUT2D eigenvalue weighted by Crippen LogP contribution is -2.15. The number of aromatic nitrogens is 4. The quantitative estimate of drug-likeness (QED) is 0.322. The number of hydrogen-bond donors (Lipinski definition) is 2. The second kappa shape index (κ2) is 9.26. The molecule has 2 N–H and O–H groups in total. The summed E-state index contributed by atoms with van der Waals surface area (Å²) in [5.41, 5.74) is 6.16. The average Bonchev–Trinajstić information content (AvgIpc) is 3.36. The van der Waals surface area contributed by atoms with Gasteiger partial charge in [0.25, 0.3) is 0 Å². The summed E-state index contributed by atoms with van der Waals surface area (Å²) in [7, 11) is 0. The molecule has 0 aliphatic carbocycles. The van der Waals surface area contributed by atoms with Gasteiger partial charge in [-0.1, -0.05) is 78.4 Å². The summed E-state index contributed by atoms with van der Waals surface area (Å²) in [5.74, 6) is 0.373. The number of rotatable bonds is 6. The minimum atomic E-state index is -0.168. The van der Waals surface area contributed by atoms with Gasteiger partial charge in [-0.2, -0.15) is 10.1 Å². The van der Waals surface area contributed by atoms with Gasteiger partial charge < -0.3 is 0 Å². The van der Waals surface area contributed by atoms with E-state index in [1.54, 1.807) is 0 Å². The average molecular weight is 452 g/mol. The molecule has 162 valence electrons. The summed E-state index contributed by atoms with van der Waals surface area (Å²) in [5, 5.41) is 10.2. The van der Waals surface area contributed by atoms with Crippen LogP contribution >= 0.6 is 11.8 Å². The van der Waals surface area contributed by atoms with Gasteiger partial charge in [0.2, 0.25) is 11.9 Å². The van der Waals surface area contributed by atoms with E-state index in [4.69, 9.17) is 4.98 Å². The molecule has 5 aromatic rings. The van der Waals surface area contributed by atoms with E-state index in [0.29, 0.717) is 5.95 Å². The summed E-state index contributed by atoms with van der Waals surface area (Å²) >= 11 is 1.48. The van der Waals surface area contributed by atoms with Gasteiger partial charge in [0.05, 0.1) is 17.0 Å². The molecule has 0 saturated heterocycles. The van der Waals surface area contributed by atoms with E-state index in [2.05, 4.69) is 69.9 Å². The van der Waals surface area contributed by atoms with Crippen molar-refractivity contribution in [2.75, 3.05) is 11.1 Å². The van der Waals surface area contributed by atoms with Gasteiger partial charge in [-0.25, -0.2) is 10.1 Å². The minimum Gasteiger partial charge on any atom is -0.294 e. The van der Waals surface area contributed by atoms with Crippen LogP contribution in [-0.2, 0) is 4.79 Å². The van der Waals surface area contributed by atoms with E-state index in [0.717, 1.165) is 38.2 Å². The van der Waals surface area contributed by atoms with Crippen LogP contribution in [0, 0.1) is 6.92 Å². The van der Waals surface area contributed by atoms with Gasteiger partial charge in [0.15, 0.2) is 0 Å². The number of aromatic amines is 1. The van der Waals surface area contributed by atoms with Crippen molar-refractivity contribution >= 4 is 34.5 Å². The normalized spacial score (nSPS) is 10.9. The lowest BCUT2D eigenvalue weighted by atomic mass is 9.97. The van der Waals surface area contributed by atoms with E-state index in [1.165, 1.54) is 23.7 Å². The molecule has 5 rings (SSSR count). The highest BCUT2D eigenvalue weighted by Crippen LogP contribution is 2.42. The predicted octanol–water partition coefficient (Wildman–Crippen LogP) is 5.73. The Morgan fingerprint density at radius 3 is 2.45 bits per heavy atom. The second-order valence-corrected chi connectivity index (χ2v) is 8.57. The monoisotopic (exact) mass is 451 g/mol. The molecular formula is C26H21N5OS. The predicted molar refractivity (Wildman–Crippen MR) is 133 cm³/mol. The lowest BCUT2D eigenvalue weighted by molar-refractivity contribution is -0.113. The van der Waals surface area contributed by atoms with Crippen molar-refractivity contribution in [1.82, 2.24) is 20.2 Å². The van der Waals surface area contributed by atoms with Gasteiger partial charge in [-0.15, -0.1) is 11.8 Å². The highest BCUT2D eigenvalue weighted by Gasteiger charge is 2.19. The topological polar surface area (TPSA) is 83.6 Å². The molecule has 0 fully saturated rings. The van der Waals surface area contributed by atoms with Gasteiger partial charge in [0.1, 0.15) is 6.33 Å². The third-order valence-corrected chi connectivity index (χ3v) is 6.35. The summed E-state index contributed by atoms with van der Waals surface area (Å²) < 4.78 is 0. The zero-order valence-electron chi connectivity index (χ0n) is 17.9. The van der Waals surface area contributed by atoms with Crippen LogP contribution in [0.5, 0.6) is 0 Å². The summed E-state index contributed by atoms with van der Waals surface area (Å²) in [4.78, 5) is 22.6. The smallest absolute Gasteiger partial charge is 0.237 e. The Morgan fingerprint density at radius 2 is 1.70 bits per heavy atom. The molecule has 1 amide bonds. The summed E-state index contributed by atoms with van der Waals surface area (Å²) in [6, 6.07) is 26.7. The number of carbonyl (C=O) groups is 1. The first kappa shape index (κ1) is 20.9. The van der Waals surface area contributed by atoms with Crippen LogP contribution in [-0.4, -0.2) is 31.8 Å². The maximum absolute atomic E-state index is 12.6. The zero-order valence-corrected chi connectivity index (χ0v) is 18.8. The van der Waals surface area contributed by atoms with Crippen molar-refractivity contribution in [3.05, 3.63) is 90.8 Å². The molecule has 0 aliphatic rings. The minimum absolute atomic E-state index is 0.168. The molecule has 0 atom stereocenters. The zero-order chi connectivity index (χ0) is 22.6. The first-order chi connectivity index (χ1) is 16.2. The number of carbonyl (C=O) groups excluding carboxylic acids is 1. The Balaban J connectivity index is 1.65. The fraction of sp³-hybridized carbons (Fsp3) is 0.0769. The van der Waals surface area contributed by atoms with E-state index in [1.807, 2.05) is 36.4 Å². The highest BCUT2D eigenvalue weighted by atomic mass is 32.2. The van der Waals surface area contributed by atoms with Crippen LogP contribution in [0.4, 0.5) is 5.95 Å². The fourth-order valence-electron chi connectivity index (χ4n) is 3.71. The van der Waals surface area contributed by atoms with Crippen molar-refractivity contribution in [3.63, 3.8) is 0 Å². The maximum Gasteiger partial charge on any atom is 0.237 e. The number of nitrogens with zero attached hydrogens (tertiary/aromatic N) is 3. The molecule has 0 bridgehead atoms. The number of fused-ring (bicyclic) bond motifs is 1. The Kier molecular flexibility index (Phi) is 5.87. The molecule has 6 nitrogen and oxygen atoms in total. The molecule has 0 spiro atoms. The van der Waals surface area contributed by atoms with Gasteiger partial charge in [0, 0.05) is 21.4 Å². The second-order valence-electron chi connectivity index (χ2n) is 7.58. The number of thioether (sulfide) groups is 1. The number of pyridine rings is 1. The van der Waals surface area contributed by atoms with E-state index in [-0.39, 0.29) is 11.7 Å². The molecule has 3 aromatic carbocycles. The van der Waals surface area contributed by atoms with Crippen molar-refractivity contribution in [2.45, 2.75) is 11.8 Å². The Hall–Kier alpha value is -3.97. The van der Waals surface area contributed by atoms with E-state index >= 15 is 0 Å². The molecule has 2 heterocycles. The van der Waals surface area contributed by atoms with Crippen molar-refractivity contribution in [1.29, 1.82) is 0 Å². The molecular weight excluding hydrogens is 430 g/mol. The van der Waals surface area contributed by atoms with Crippen LogP contribution in [0.1, 0.15) is 5.56 Å². The Labute approximate surface area is 195 Å². The van der Waals surface area contributed by atoms with E-state index in [9.17, 15) is 4.79 Å². The van der Waals surface area contributed by atoms with Crippen LogP contribution in [0.25, 0.3) is 33.3 Å². The standard InChI is InChI=1S/C26H21N5OS/c1-17-11-13-18(14-12-17)23-20-9-5-6-10-21(20)29-24(19-7-3-2-4-8-19)25(23)33-15-22(32)30-26-27-16-28-31-26/h2-14,16H,15H2,1H3,(H2,27,28,30,31,32). The fourth-order valence-corrected chi connectivity index (χ4v) is 4.73. The van der Waals surface area contributed by atoms with Gasteiger partial charge >= 0.3 is 0 Å². The number of hydrogen-bond acceptors (Lipinski definition) is 5. The lowest BCUT2D eigenvalue weighted by Gasteiger charge is -2.17. The number of amides is 1. The number of nitrogens with one attached hydrogen (secondary N) is 2. The van der Waals surface area contributed by atoms with Gasteiger partial charge in [-0.05, 0) is 18.6 Å². The third kappa shape index (κ3) is 4.49. The molecule has 7 heteroatoms. The van der Waals surface area contributed by atoms with Crippen molar-refractivity contribution in [2.24, 2.45) is 0 Å². The number of para-hydroxylation sites is 1. The number of H-pyrrole nitrogens is 1. The molecule has 0 unspecified atom stereocenters. The van der Waals surface area contributed by atoms with E-state index < -0.39 is 0 Å². The van der Waals surface area contributed by atoms with Gasteiger partial charge in [-0.3, -0.25) is 10.1 Å². The number of benzene rings is 3. The molecule has 2 aromatic heterocycles. The number of anilines is 1. The van der Waals surface area contributed by atoms with Crippen molar-refractivity contribution in [3.8, 4) is 22.4 Å². The molecule has 0 radical (unpaired) electrons. The van der Waals surface area contributed by atoms with Crippen LogP contribution in [0.2, 0.25) is 0 Å². The number of aryl methyl sites for hydroxylation is 1. The summed E-state index contributed by atoms with van der Waals surface area (Å²) in [6.07, 6.45) is 1.36. The largest absolute Gasteiger partial charge is 0.294 e. The summed E-state index contributed by atoms with van der Waals surface area (Å²) in [6.45, 7) is 2.08. The SMILES string of the molecule is Cc1ccc(-c2c(SCC(=O)Nc3ncn[nH]3)c(-c3ccccc3)nc3ccccc23)cc1. The Bertz CT molecular complexity index is 1400. The van der Waals surface area contributed by atoms with Crippen LogP contribution < -0.4 is 5.32 Å². The highest BCUT2D eigenvalue weighted by molar-refractivity contribution is 8.00. The third-order valence-electron chi connectivity index (χ3n) is 5.26. The molecule has 33 heavy (non-hydrogen) atoms. The first-order valence-electron chi connectivity index (χ1n) is 10.5.